The molecule has 0 fully saturated rings. The Morgan fingerprint density at radius 2 is 2.20 bits per heavy atom. The molecule has 0 aliphatic carbocycles. The summed E-state index contributed by atoms with van der Waals surface area (Å²) in [6, 6.07) is 7.90. The molecule has 1 atom stereocenters. The molecule has 0 saturated heterocycles. The van der Waals surface area contributed by atoms with Gasteiger partial charge in [0.25, 0.3) is 5.91 Å². The number of carbonyl (C=O) groups excluding carboxylic acids is 1. The third-order valence-corrected chi connectivity index (χ3v) is 3.64. The van der Waals surface area contributed by atoms with E-state index in [0.29, 0.717) is 17.9 Å². The number of nitrogen functional groups attached to an aromatic ring is 1. The summed E-state index contributed by atoms with van der Waals surface area (Å²) in [6.07, 6.45) is 1.54. The lowest BCUT2D eigenvalue weighted by Crippen LogP contribution is -2.17. The van der Waals surface area contributed by atoms with Gasteiger partial charge in [0.05, 0.1) is 12.3 Å². The summed E-state index contributed by atoms with van der Waals surface area (Å²) in [5.41, 5.74) is 13.2. The molecule has 2 heterocycles. The highest BCUT2D eigenvalue weighted by molar-refractivity contribution is 5.98. The summed E-state index contributed by atoms with van der Waals surface area (Å²) in [7, 11) is 0. The Labute approximate surface area is 116 Å². The minimum atomic E-state index is -0.551. The quantitative estimate of drug-likeness (QED) is 0.763. The lowest BCUT2D eigenvalue weighted by molar-refractivity contribution is 0.0999. The van der Waals surface area contributed by atoms with Crippen molar-refractivity contribution < 1.29 is 9.53 Å². The standard InChI is InChI=1S/C14H16N4O2/c15-13-11(14(16)19)12(17-18-13)9-5-6-20-10-4-2-1-3-8(10)7-9/h1-4,9H,5-7H2,(H2,16,19)(H3,15,17,18). The summed E-state index contributed by atoms with van der Waals surface area (Å²) in [6.45, 7) is 0.582. The predicted octanol–water partition coefficient (Wildman–Crippen LogP) is 1.20. The Morgan fingerprint density at radius 3 is 3.00 bits per heavy atom. The van der Waals surface area contributed by atoms with Crippen LogP contribution < -0.4 is 16.2 Å². The molecule has 2 aromatic rings. The second-order valence-electron chi connectivity index (χ2n) is 4.91. The molecule has 1 unspecified atom stereocenters. The van der Waals surface area contributed by atoms with E-state index in [-0.39, 0.29) is 11.7 Å². The van der Waals surface area contributed by atoms with Crippen LogP contribution in [0.5, 0.6) is 5.75 Å². The van der Waals surface area contributed by atoms with Crippen LogP contribution in [0.25, 0.3) is 0 Å². The van der Waals surface area contributed by atoms with Crippen LogP contribution in [0.1, 0.15) is 34.0 Å². The van der Waals surface area contributed by atoms with Gasteiger partial charge in [-0.3, -0.25) is 9.89 Å². The smallest absolute Gasteiger partial charge is 0.254 e. The van der Waals surface area contributed by atoms with Gasteiger partial charge in [0, 0.05) is 5.92 Å². The Bertz CT molecular complexity index is 650. The van der Waals surface area contributed by atoms with Crippen LogP contribution >= 0.6 is 0 Å². The largest absolute Gasteiger partial charge is 0.493 e. The number of benzene rings is 1. The number of H-pyrrole nitrogens is 1. The van der Waals surface area contributed by atoms with Gasteiger partial charge in [-0.05, 0) is 24.5 Å². The fourth-order valence-corrected chi connectivity index (χ4v) is 2.66. The molecule has 0 bridgehead atoms. The Balaban J connectivity index is 1.98. The molecular weight excluding hydrogens is 256 g/mol. The first-order valence-corrected chi connectivity index (χ1v) is 6.51. The van der Waals surface area contributed by atoms with Crippen molar-refractivity contribution in [2.24, 2.45) is 5.73 Å². The molecule has 1 aliphatic rings. The monoisotopic (exact) mass is 272 g/mol. The molecule has 20 heavy (non-hydrogen) atoms. The average Bonchev–Trinajstić information content (AvgIpc) is 2.69. The van der Waals surface area contributed by atoms with Crippen molar-refractivity contribution in [2.45, 2.75) is 18.8 Å². The van der Waals surface area contributed by atoms with Crippen LogP contribution in [0.2, 0.25) is 0 Å². The maximum Gasteiger partial charge on any atom is 0.254 e. The van der Waals surface area contributed by atoms with Crippen LogP contribution in [-0.4, -0.2) is 22.7 Å². The SMILES string of the molecule is NC(=O)c1c(N)n[nH]c1C1CCOc2ccccc2C1. The fraction of sp³-hybridized carbons (Fsp3) is 0.286. The topological polar surface area (TPSA) is 107 Å². The third-order valence-electron chi connectivity index (χ3n) is 3.64. The van der Waals surface area contributed by atoms with Crippen molar-refractivity contribution in [3.63, 3.8) is 0 Å². The number of nitrogens with zero attached hydrogens (tertiary/aromatic N) is 1. The number of aromatic amines is 1. The van der Waals surface area contributed by atoms with E-state index in [1.54, 1.807) is 0 Å². The van der Waals surface area contributed by atoms with E-state index in [1.165, 1.54) is 0 Å². The van der Waals surface area contributed by atoms with Gasteiger partial charge in [0.1, 0.15) is 11.3 Å². The van der Waals surface area contributed by atoms with Gasteiger partial charge in [0.2, 0.25) is 0 Å². The highest BCUT2D eigenvalue weighted by Crippen LogP contribution is 2.33. The number of fused-ring (bicyclic) bond motifs is 1. The number of amides is 1. The number of primary amides is 1. The molecule has 0 spiro atoms. The normalized spacial score (nSPS) is 17.9. The van der Waals surface area contributed by atoms with Gasteiger partial charge in [-0.15, -0.1) is 0 Å². The van der Waals surface area contributed by atoms with Crippen molar-refractivity contribution in [3.05, 3.63) is 41.1 Å². The molecule has 5 N–H and O–H groups in total. The van der Waals surface area contributed by atoms with Gasteiger partial charge in [-0.2, -0.15) is 5.10 Å². The van der Waals surface area contributed by atoms with Gasteiger partial charge in [-0.25, -0.2) is 0 Å². The number of anilines is 1. The minimum Gasteiger partial charge on any atom is -0.493 e. The van der Waals surface area contributed by atoms with E-state index >= 15 is 0 Å². The first-order chi connectivity index (χ1) is 9.66. The van der Waals surface area contributed by atoms with E-state index in [9.17, 15) is 4.79 Å². The Kier molecular flexibility index (Phi) is 3.06. The van der Waals surface area contributed by atoms with E-state index in [4.69, 9.17) is 16.2 Å². The first-order valence-electron chi connectivity index (χ1n) is 6.51. The number of nitrogens with two attached hydrogens (primary N) is 2. The van der Waals surface area contributed by atoms with Gasteiger partial charge < -0.3 is 16.2 Å². The molecular formula is C14H16N4O2. The van der Waals surface area contributed by atoms with Gasteiger partial charge in [-0.1, -0.05) is 18.2 Å². The predicted molar refractivity (Wildman–Crippen MR) is 74.5 cm³/mol. The number of hydrogen-bond donors (Lipinski definition) is 3. The second kappa shape index (κ2) is 4.88. The molecule has 1 aromatic heterocycles. The van der Waals surface area contributed by atoms with Crippen molar-refractivity contribution in [1.82, 2.24) is 10.2 Å². The zero-order valence-corrected chi connectivity index (χ0v) is 10.9. The van der Waals surface area contributed by atoms with Gasteiger partial charge in [0.15, 0.2) is 5.82 Å². The second-order valence-corrected chi connectivity index (χ2v) is 4.91. The maximum atomic E-state index is 11.5. The molecule has 1 aliphatic heterocycles. The average molecular weight is 272 g/mol. The molecule has 6 nitrogen and oxygen atoms in total. The number of hydrogen-bond acceptors (Lipinski definition) is 4. The number of carbonyl (C=O) groups is 1. The van der Waals surface area contributed by atoms with Crippen molar-refractivity contribution >= 4 is 11.7 Å². The number of aromatic nitrogens is 2. The highest BCUT2D eigenvalue weighted by atomic mass is 16.5. The summed E-state index contributed by atoms with van der Waals surface area (Å²) in [5, 5.41) is 6.76. The summed E-state index contributed by atoms with van der Waals surface area (Å²) >= 11 is 0. The third kappa shape index (κ3) is 2.09. The highest BCUT2D eigenvalue weighted by Gasteiger charge is 2.26. The Morgan fingerprint density at radius 1 is 1.40 bits per heavy atom. The molecule has 1 aromatic carbocycles. The van der Waals surface area contributed by atoms with E-state index in [1.807, 2.05) is 24.3 Å². The molecule has 3 rings (SSSR count). The van der Waals surface area contributed by atoms with Crippen molar-refractivity contribution in [3.8, 4) is 5.75 Å². The van der Waals surface area contributed by atoms with Crippen LogP contribution in [0.15, 0.2) is 24.3 Å². The molecule has 6 heteroatoms. The molecule has 104 valence electrons. The summed E-state index contributed by atoms with van der Waals surface area (Å²) < 4.78 is 5.73. The molecule has 0 saturated carbocycles. The summed E-state index contributed by atoms with van der Waals surface area (Å²) in [4.78, 5) is 11.5. The fourth-order valence-electron chi connectivity index (χ4n) is 2.66. The van der Waals surface area contributed by atoms with Crippen LogP contribution in [0.4, 0.5) is 5.82 Å². The number of rotatable bonds is 2. The number of nitrogens with one attached hydrogen (secondary N) is 1. The zero-order chi connectivity index (χ0) is 14.1. The number of ether oxygens (including phenoxy) is 1. The van der Waals surface area contributed by atoms with Crippen molar-refractivity contribution in [1.29, 1.82) is 0 Å². The van der Waals surface area contributed by atoms with Crippen LogP contribution in [0.3, 0.4) is 0 Å². The van der Waals surface area contributed by atoms with Crippen LogP contribution in [0, 0.1) is 0 Å². The van der Waals surface area contributed by atoms with E-state index in [2.05, 4.69) is 10.2 Å². The molecule has 0 radical (unpaired) electrons. The minimum absolute atomic E-state index is 0.0888. The number of para-hydroxylation sites is 1. The Hall–Kier alpha value is -2.50. The molecule has 1 amide bonds. The lowest BCUT2D eigenvalue weighted by atomic mass is 9.91. The van der Waals surface area contributed by atoms with E-state index in [0.717, 1.165) is 24.2 Å². The summed E-state index contributed by atoms with van der Waals surface area (Å²) in [5.74, 6) is 0.588. The van der Waals surface area contributed by atoms with Gasteiger partial charge >= 0.3 is 0 Å². The lowest BCUT2D eigenvalue weighted by Gasteiger charge is -2.13. The van der Waals surface area contributed by atoms with E-state index < -0.39 is 5.91 Å². The van der Waals surface area contributed by atoms with Crippen LogP contribution in [-0.2, 0) is 6.42 Å². The maximum absolute atomic E-state index is 11.5. The van der Waals surface area contributed by atoms with Crippen molar-refractivity contribution in [2.75, 3.05) is 12.3 Å². The zero-order valence-electron chi connectivity index (χ0n) is 10.9. The first kappa shape index (κ1) is 12.5.